The molecular formula is C52H57BrO4. The van der Waals surface area contributed by atoms with E-state index >= 15 is 0 Å². The molecule has 0 spiro atoms. The lowest BCUT2D eigenvalue weighted by atomic mass is 9.75. The first-order valence-electron chi connectivity index (χ1n) is 21.1. The number of hydrogen-bond donors (Lipinski definition) is 0. The lowest BCUT2D eigenvalue weighted by molar-refractivity contribution is -0.0180. The van der Waals surface area contributed by atoms with E-state index in [1.165, 1.54) is 12.8 Å². The minimum Gasteiger partial charge on any atom is -0.458 e. The summed E-state index contributed by atoms with van der Waals surface area (Å²) >= 11 is 3.80. The van der Waals surface area contributed by atoms with Crippen LogP contribution in [0.5, 0.6) is 0 Å². The third-order valence-corrected chi connectivity index (χ3v) is 13.3. The van der Waals surface area contributed by atoms with Crippen LogP contribution >= 0.6 is 15.9 Å². The van der Waals surface area contributed by atoms with Crippen molar-refractivity contribution >= 4 is 73.7 Å². The van der Waals surface area contributed by atoms with E-state index in [-0.39, 0.29) is 24.1 Å². The molecular weight excluding hydrogens is 768 g/mol. The van der Waals surface area contributed by atoms with Crippen LogP contribution < -0.4 is 0 Å². The fourth-order valence-corrected chi connectivity index (χ4v) is 9.74. The van der Waals surface area contributed by atoms with E-state index in [1.807, 2.05) is 36.4 Å². The van der Waals surface area contributed by atoms with Gasteiger partial charge < -0.3 is 9.47 Å². The Labute approximate surface area is 347 Å². The van der Waals surface area contributed by atoms with Crippen molar-refractivity contribution in [2.24, 2.45) is 35.5 Å². The second-order valence-corrected chi connectivity index (χ2v) is 18.4. The number of halogens is 1. The number of benzene rings is 5. The largest absolute Gasteiger partial charge is 0.458 e. The van der Waals surface area contributed by atoms with Gasteiger partial charge in [0, 0.05) is 4.47 Å². The van der Waals surface area contributed by atoms with Gasteiger partial charge in [-0.05, 0) is 135 Å². The lowest BCUT2D eigenvalue weighted by Gasteiger charge is -2.36. The minimum atomic E-state index is -0.228. The molecule has 5 heteroatoms. The summed E-state index contributed by atoms with van der Waals surface area (Å²) in [4.78, 5) is 27.3. The van der Waals surface area contributed by atoms with Gasteiger partial charge in [0.1, 0.15) is 12.2 Å². The van der Waals surface area contributed by atoms with Crippen molar-refractivity contribution in [2.45, 2.75) is 92.3 Å². The van der Waals surface area contributed by atoms with Crippen LogP contribution in [0.15, 0.2) is 95.5 Å². The van der Waals surface area contributed by atoms with Gasteiger partial charge in [-0.2, -0.15) is 0 Å². The monoisotopic (exact) mass is 824 g/mol. The summed E-state index contributed by atoms with van der Waals surface area (Å²) < 4.78 is 13.5. The van der Waals surface area contributed by atoms with Crippen LogP contribution in [0, 0.1) is 35.5 Å². The zero-order chi connectivity index (χ0) is 40.2. The summed E-state index contributed by atoms with van der Waals surface area (Å²) in [5, 5.41) is 3.86. The van der Waals surface area contributed by atoms with Crippen LogP contribution in [0.3, 0.4) is 0 Å². The number of rotatable bonds is 10. The maximum atomic E-state index is 13.6. The first-order chi connectivity index (χ1) is 27.4. The Morgan fingerprint density at radius 3 is 1.47 bits per heavy atom. The van der Waals surface area contributed by atoms with Crippen molar-refractivity contribution in [3.63, 3.8) is 0 Å². The van der Waals surface area contributed by atoms with Gasteiger partial charge in [-0.15, -0.1) is 0 Å². The minimum absolute atomic E-state index is 0.0417. The average Bonchev–Trinajstić information content (AvgIpc) is 3.18. The third-order valence-electron chi connectivity index (χ3n) is 12.6. The molecule has 2 aliphatic rings. The molecule has 0 amide bonds. The number of fused-ring (bicyclic) bond motifs is 2. The van der Waals surface area contributed by atoms with Crippen LogP contribution in [0.2, 0.25) is 0 Å². The average molecular weight is 826 g/mol. The highest BCUT2D eigenvalue weighted by Gasteiger charge is 2.35. The molecule has 2 saturated carbocycles. The van der Waals surface area contributed by atoms with E-state index in [0.717, 1.165) is 74.0 Å². The zero-order valence-corrected chi connectivity index (χ0v) is 35.9. The SMILES string of the molecule is CC(C)[C@H]1CC[C@@H](C)C[C@H]1OC(=O)c1cccc2ccc(/C=C\c3ccc(/C=C\c4ccc5cccc(C(=O)O[C@@H]6C[C@@H](C)CC[C@H]6C(C)C)c5c4)c(Br)c3)cc12. The topological polar surface area (TPSA) is 52.6 Å². The first-order valence-corrected chi connectivity index (χ1v) is 21.9. The molecule has 296 valence electrons. The molecule has 2 aliphatic carbocycles. The highest BCUT2D eigenvalue weighted by atomic mass is 79.9. The molecule has 6 atom stereocenters. The van der Waals surface area contributed by atoms with Gasteiger partial charge >= 0.3 is 11.9 Å². The van der Waals surface area contributed by atoms with Crippen molar-refractivity contribution in [1.29, 1.82) is 0 Å². The van der Waals surface area contributed by atoms with E-state index in [2.05, 4.69) is 136 Å². The van der Waals surface area contributed by atoms with E-state index in [4.69, 9.17) is 9.47 Å². The molecule has 0 bridgehead atoms. The molecule has 5 aromatic rings. The van der Waals surface area contributed by atoms with Crippen molar-refractivity contribution in [1.82, 2.24) is 0 Å². The maximum absolute atomic E-state index is 13.6. The molecule has 2 fully saturated rings. The Morgan fingerprint density at radius 2 is 1.02 bits per heavy atom. The Bertz CT molecular complexity index is 2300. The molecule has 57 heavy (non-hydrogen) atoms. The summed E-state index contributed by atoms with van der Waals surface area (Å²) in [5.41, 5.74) is 5.38. The van der Waals surface area contributed by atoms with Gasteiger partial charge in [0.2, 0.25) is 0 Å². The van der Waals surface area contributed by atoms with Gasteiger partial charge in [0.15, 0.2) is 0 Å². The fourth-order valence-electron chi connectivity index (χ4n) is 9.21. The van der Waals surface area contributed by atoms with Gasteiger partial charge in [-0.1, -0.05) is 155 Å². The summed E-state index contributed by atoms with van der Waals surface area (Å²) in [6.07, 6.45) is 14.8. The van der Waals surface area contributed by atoms with E-state index in [0.29, 0.717) is 46.6 Å². The molecule has 0 N–H and O–H groups in total. The third kappa shape index (κ3) is 9.63. The Hall–Kier alpha value is -4.48. The van der Waals surface area contributed by atoms with Crippen LogP contribution in [-0.4, -0.2) is 24.1 Å². The molecule has 0 aliphatic heterocycles. The van der Waals surface area contributed by atoms with Crippen molar-refractivity contribution in [3.8, 4) is 0 Å². The molecule has 4 nitrogen and oxygen atoms in total. The summed E-state index contributed by atoms with van der Waals surface area (Å²) in [6.45, 7) is 13.5. The molecule has 0 radical (unpaired) electrons. The predicted molar refractivity (Wildman–Crippen MR) is 241 cm³/mol. The van der Waals surface area contributed by atoms with Gasteiger partial charge in [-0.3, -0.25) is 0 Å². The highest BCUT2D eigenvalue weighted by molar-refractivity contribution is 9.10. The van der Waals surface area contributed by atoms with Gasteiger partial charge in [-0.25, -0.2) is 9.59 Å². The number of hydrogen-bond acceptors (Lipinski definition) is 4. The fraction of sp³-hybridized carbons (Fsp3) is 0.385. The van der Waals surface area contributed by atoms with Crippen LogP contribution in [0.25, 0.3) is 45.8 Å². The molecule has 0 unspecified atom stereocenters. The molecule has 0 saturated heterocycles. The molecule has 7 rings (SSSR count). The van der Waals surface area contributed by atoms with Crippen LogP contribution in [0.1, 0.15) is 123 Å². The summed E-state index contributed by atoms with van der Waals surface area (Å²) in [6, 6.07) is 30.6. The van der Waals surface area contributed by atoms with Crippen LogP contribution in [0.4, 0.5) is 0 Å². The van der Waals surface area contributed by atoms with Crippen molar-refractivity contribution in [3.05, 3.63) is 129 Å². The number of ether oxygens (including phenoxy) is 2. The Morgan fingerprint density at radius 1 is 0.579 bits per heavy atom. The highest BCUT2D eigenvalue weighted by Crippen LogP contribution is 2.38. The van der Waals surface area contributed by atoms with E-state index < -0.39 is 0 Å². The first kappa shape index (κ1) is 40.7. The number of carbonyl (C=O) groups is 2. The maximum Gasteiger partial charge on any atom is 0.339 e. The zero-order valence-electron chi connectivity index (χ0n) is 34.3. The molecule has 0 heterocycles. The number of esters is 2. The van der Waals surface area contributed by atoms with Gasteiger partial charge in [0.25, 0.3) is 0 Å². The van der Waals surface area contributed by atoms with Crippen molar-refractivity contribution in [2.75, 3.05) is 0 Å². The predicted octanol–water partition coefficient (Wildman–Crippen LogP) is 14.3. The summed E-state index contributed by atoms with van der Waals surface area (Å²) in [5.74, 6) is 2.44. The van der Waals surface area contributed by atoms with Crippen LogP contribution in [-0.2, 0) is 9.47 Å². The van der Waals surface area contributed by atoms with Crippen molar-refractivity contribution < 1.29 is 19.1 Å². The Balaban J connectivity index is 1.05. The van der Waals surface area contributed by atoms with Gasteiger partial charge in [0.05, 0.1) is 11.1 Å². The van der Waals surface area contributed by atoms with E-state index in [1.54, 1.807) is 0 Å². The quantitative estimate of drug-likeness (QED) is 0.104. The van der Waals surface area contributed by atoms with E-state index in [9.17, 15) is 9.59 Å². The standard InChI is InChI=1S/C52H57BrO4/c1-32(2)42-25-13-34(5)27-49(42)56-51(54)44-11-7-9-39-21-17-36(29-46(39)44)15-16-38-20-24-41(48(53)31-38)23-19-37-18-22-40-10-8-12-45(47(40)30-37)52(55)57-50-28-35(6)14-26-43(50)33(3)4/h7-12,15-24,29-35,42-43,49-50H,13-14,25-28H2,1-6H3/b16-15-,23-19-/t34-,35+,42-,43+,49-,50-/m1/s1. The molecule has 0 aromatic heterocycles. The lowest BCUT2D eigenvalue weighted by Crippen LogP contribution is -2.35. The molecule has 5 aromatic carbocycles. The Kier molecular flexibility index (Phi) is 12.8. The number of carbonyl (C=O) groups excluding carboxylic acids is 2. The summed E-state index contributed by atoms with van der Waals surface area (Å²) in [7, 11) is 0. The smallest absolute Gasteiger partial charge is 0.339 e. The second kappa shape index (κ2) is 18.0. The normalized spacial score (nSPS) is 22.9. The second-order valence-electron chi connectivity index (χ2n) is 17.6.